The zero-order chi connectivity index (χ0) is 13.4. The minimum absolute atomic E-state index is 0.0656. The number of ketones is 5. The van der Waals surface area contributed by atoms with Crippen LogP contribution in [-0.4, -0.2) is 39.8 Å². The number of hydrogen-bond acceptors (Lipinski definition) is 7. The van der Waals surface area contributed by atoms with Gasteiger partial charge in [-0.1, -0.05) is 11.8 Å². The molecule has 0 aromatic heterocycles. The summed E-state index contributed by atoms with van der Waals surface area (Å²) in [6.45, 7) is 0. The van der Waals surface area contributed by atoms with Gasteiger partial charge in [0.15, 0.2) is 23.3 Å². The maximum absolute atomic E-state index is 11.7. The van der Waals surface area contributed by atoms with E-state index >= 15 is 0 Å². The zero-order valence-corrected chi connectivity index (χ0v) is 9.95. The molecule has 0 spiro atoms. The molecule has 0 aromatic carbocycles. The lowest BCUT2D eigenvalue weighted by Crippen LogP contribution is -2.38. The van der Waals surface area contributed by atoms with Gasteiger partial charge in [0.2, 0.25) is 16.7 Å². The van der Waals surface area contributed by atoms with E-state index in [-0.39, 0.29) is 18.6 Å². The van der Waals surface area contributed by atoms with Crippen LogP contribution in [0.4, 0.5) is 0 Å². The quantitative estimate of drug-likeness (QED) is 0.484. The molecule has 2 fully saturated rings. The molecule has 7 heteroatoms. The van der Waals surface area contributed by atoms with Crippen LogP contribution >= 0.6 is 11.8 Å². The lowest BCUT2D eigenvalue weighted by molar-refractivity contribution is -0.149. The summed E-state index contributed by atoms with van der Waals surface area (Å²) in [5, 5.41) is -0.684. The fourth-order valence-electron chi connectivity index (χ4n) is 1.99. The van der Waals surface area contributed by atoms with Crippen molar-refractivity contribution >= 4 is 45.8 Å². The molecular formula is C11H8O6S. The maximum Gasteiger partial charge on any atom is 0.218 e. The van der Waals surface area contributed by atoms with Gasteiger partial charge in [0, 0.05) is 12.8 Å². The molecule has 1 atom stereocenters. The Kier molecular flexibility index (Phi) is 3.25. The number of carbonyl (C=O) groups is 6. The van der Waals surface area contributed by atoms with Crippen molar-refractivity contribution < 1.29 is 28.8 Å². The smallest absolute Gasteiger partial charge is 0.218 e. The maximum atomic E-state index is 11.7. The van der Waals surface area contributed by atoms with E-state index in [1.807, 2.05) is 0 Å². The van der Waals surface area contributed by atoms with Gasteiger partial charge >= 0.3 is 0 Å². The Morgan fingerprint density at radius 1 is 0.833 bits per heavy atom. The van der Waals surface area contributed by atoms with Crippen molar-refractivity contribution in [2.24, 2.45) is 11.8 Å². The van der Waals surface area contributed by atoms with E-state index < -0.39 is 45.9 Å². The summed E-state index contributed by atoms with van der Waals surface area (Å²) in [6.07, 6.45) is -0.131. The van der Waals surface area contributed by atoms with Crippen LogP contribution in [0.2, 0.25) is 0 Å². The highest BCUT2D eigenvalue weighted by atomic mass is 32.2. The second-order valence-electron chi connectivity index (χ2n) is 4.10. The summed E-state index contributed by atoms with van der Waals surface area (Å²) < 4.78 is 0. The molecule has 1 aliphatic carbocycles. The Morgan fingerprint density at radius 2 is 1.33 bits per heavy atom. The van der Waals surface area contributed by atoms with Gasteiger partial charge in [-0.25, -0.2) is 0 Å². The van der Waals surface area contributed by atoms with Gasteiger partial charge in [0.05, 0.1) is 5.75 Å². The SMILES string of the molecule is O=C1CCC(=O)C1C(=O)C(=O)C1C(=O)CSC1=O. The van der Waals surface area contributed by atoms with Crippen LogP contribution in [0.3, 0.4) is 0 Å². The Bertz CT molecular complexity index is 428. The van der Waals surface area contributed by atoms with Crippen LogP contribution in [0.5, 0.6) is 0 Å². The van der Waals surface area contributed by atoms with Crippen molar-refractivity contribution in [2.75, 3.05) is 5.75 Å². The van der Waals surface area contributed by atoms with E-state index in [9.17, 15) is 28.8 Å². The molecule has 0 N–H and O–H groups in total. The predicted molar refractivity (Wildman–Crippen MR) is 58.7 cm³/mol. The standard InChI is InChI=1S/C11H8O6S/c12-4-1-2-5(13)7(4)9(15)10(16)8-6(14)3-18-11(8)17/h7-8H,1-3H2. The Morgan fingerprint density at radius 3 is 1.78 bits per heavy atom. The first kappa shape index (κ1) is 12.8. The first-order chi connectivity index (χ1) is 8.43. The summed E-state index contributed by atoms with van der Waals surface area (Å²) in [7, 11) is 0. The van der Waals surface area contributed by atoms with Crippen LogP contribution < -0.4 is 0 Å². The van der Waals surface area contributed by atoms with E-state index in [0.717, 1.165) is 0 Å². The summed E-state index contributed by atoms with van der Waals surface area (Å²) in [5.41, 5.74) is 0. The second kappa shape index (κ2) is 4.56. The Hall–Kier alpha value is -1.63. The van der Waals surface area contributed by atoms with Crippen LogP contribution in [0.1, 0.15) is 12.8 Å². The van der Waals surface area contributed by atoms with Crippen LogP contribution in [0, 0.1) is 11.8 Å². The van der Waals surface area contributed by atoms with Crippen LogP contribution in [0.25, 0.3) is 0 Å². The largest absolute Gasteiger partial charge is 0.298 e. The molecule has 1 saturated heterocycles. The van der Waals surface area contributed by atoms with E-state index in [2.05, 4.69) is 0 Å². The van der Waals surface area contributed by atoms with E-state index in [0.29, 0.717) is 11.8 Å². The topological polar surface area (TPSA) is 102 Å². The van der Waals surface area contributed by atoms with Crippen LogP contribution in [0.15, 0.2) is 0 Å². The monoisotopic (exact) mass is 268 g/mol. The third-order valence-corrected chi connectivity index (χ3v) is 3.89. The Labute approximate surface area is 105 Å². The van der Waals surface area contributed by atoms with Crippen molar-refractivity contribution in [1.82, 2.24) is 0 Å². The van der Waals surface area contributed by atoms with Gasteiger partial charge in [0.25, 0.3) is 0 Å². The second-order valence-corrected chi connectivity index (χ2v) is 5.08. The third-order valence-electron chi connectivity index (χ3n) is 2.94. The first-order valence-electron chi connectivity index (χ1n) is 5.26. The molecule has 2 aliphatic rings. The number of rotatable bonds is 3. The summed E-state index contributed by atoms with van der Waals surface area (Å²) >= 11 is 0.672. The zero-order valence-electron chi connectivity index (χ0n) is 9.13. The van der Waals surface area contributed by atoms with Gasteiger partial charge in [-0.3, -0.25) is 28.8 Å². The summed E-state index contributed by atoms with van der Waals surface area (Å²) in [6, 6.07) is 0. The van der Waals surface area contributed by atoms with E-state index in [4.69, 9.17) is 0 Å². The molecule has 94 valence electrons. The average Bonchev–Trinajstić information content (AvgIpc) is 2.81. The number of carbonyl (C=O) groups excluding carboxylic acids is 6. The third kappa shape index (κ3) is 1.94. The van der Waals surface area contributed by atoms with Crippen molar-refractivity contribution in [3.63, 3.8) is 0 Å². The molecule has 1 unspecified atom stereocenters. The van der Waals surface area contributed by atoms with Crippen LogP contribution in [-0.2, 0) is 28.8 Å². The lowest BCUT2D eigenvalue weighted by Gasteiger charge is -2.07. The van der Waals surface area contributed by atoms with Gasteiger partial charge in [0.1, 0.15) is 5.92 Å². The van der Waals surface area contributed by atoms with Crippen molar-refractivity contribution in [3.05, 3.63) is 0 Å². The highest BCUT2D eigenvalue weighted by Crippen LogP contribution is 2.26. The fourth-order valence-corrected chi connectivity index (χ4v) is 2.84. The first-order valence-corrected chi connectivity index (χ1v) is 6.25. The van der Waals surface area contributed by atoms with Gasteiger partial charge in [-0.15, -0.1) is 0 Å². The molecule has 0 aromatic rings. The number of hydrogen-bond donors (Lipinski definition) is 0. The highest BCUT2D eigenvalue weighted by molar-refractivity contribution is 8.15. The molecule has 0 bridgehead atoms. The van der Waals surface area contributed by atoms with Crippen molar-refractivity contribution in [1.29, 1.82) is 0 Å². The van der Waals surface area contributed by atoms with Crippen molar-refractivity contribution in [3.8, 4) is 0 Å². The van der Waals surface area contributed by atoms with Gasteiger partial charge in [-0.05, 0) is 0 Å². The molecule has 6 nitrogen and oxygen atoms in total. The molecule has 0 radical (unpaired) electrons. The van der Waals surface area contributed by atoms with Gasteiger partial charge < -0.3 is 0 Å². The molecule has 0 amide bonds. The van der Waals surface area contributed by atoms with Crippen molar-refractivity contribution in [2.45, 2.75) is 12.8 Å². The summed E-state index contributed by atoms with van der Waals surface area (Å²) in [5.74, 6) is -7.64. The summed E-state index contributed by atoms with van der Waals surface area (Å²) in [4.78, 5) is 68.8. The predicted octanol–water partition coefficient (Wildman–Crippen LogP) is -0.868. The molecular weight excluding hydrogens is 260 g/mol. The molecule has 2 rings (SSSR count). The Balaban J connectivity index is 2.21. The molecule has 1 aliphatic heterocycles. The minimum atomic E-state index is -1.62. The molecule has 1 heterocycles. The minimum Gasteiger partial charge on any atom is -0.298 e. The number of Topliss-reactive ketones (excluding diaryl/α,β-unsaturated/α-hetero) is 5. The molecule has 1 saturated carbocycles. The van der Waals surface area contributed by atoms with Gasteiger partial charge in [-0.2, -0.15) is 0 Å². The lowest BCUT2D eigenvalue weighted by atomic mass is 9.90. The normalized spacial score (nSPS) is 25.0. The fraction of sp³-hybridized carbons (Fsp3) is 0.455. The average molecular weight is 268 g/mol. The molecule has 18 heavy (non-hydrogen) atoms. The van der Waals surface area contributed by atoms with E-state index in [1.165, 1.54) is 0 Å². The van der Waals surface area contributed by atoms with E-state index in [1.54, 1.807) is 0 Å². The highest BCUT2D eigenvalue weighted by Gasteiger charge is 2.48. The number of thioether (sulfide) groups is 1.